The van der Waals surface area contributed by atoms with Crippen molar-refractivity contribution in [1.29, 1.82) is 0 Å². The number of aromatic amines is 1. The van der Waals surface area contributed by atoms with Crippen LogP contribution in [0.25, 0.3) is 10.8 Å². The van der Waals surface area contributed by atoms with E-state index in [1.807, 2.05) is 12.1 Å². The van der Waals surface area contributed by atoms with E-state index in [-0.39, 0.29) is 0 Å². The van der Waals surface area contributed by atoms with Gasteiger partial charge in [-0.1, -0.05) is 0 Å². The largest absolute Gasteiger partial charge is 0.377 e. The van der Waals surface area contributed by atoms with E-state index in [0.717, 1.165) is 8.66 Å². The summed E-state index contributed by atoms with van der Waals surface area (Å²) in [5, 5.41) is 2.13. The van der Waals surface area contributed by atoms with Crippen LogP contribution in [0.2, 0.25) is 0 Å². The van der Waals surface area contributed by atoms with E-state index < -0.39 is 5.69 Å². The Bertz CT molecular complexity index is 444. The molecule has 0 saturated carbocycles. The Hall–Kier alpha value is -0.880. The first-order chi connectivity index (χ1) is 5.75. The van der Waals surface area contributed by atoms with E-state index in [0.29, 0.717) is 5.89 Å². The fourth-order valence-corrected chi connectivity index (χ4v) is 2.08. The van der Waals surface area contributed by atoms with Gasteiger partial charge >= 0.3 is 5.69 Å². The van der Waals surface area contributed by atoms with Crippen LogP contribution >= 0.6 is 27.3 Å². The summed E-state index contributed by atoms with van der Waals surface area (Å²) in [4.78, 5) is 15.0. The van der Waals surface area contributed by atoms with E-state index >= 15 is 0 Å². The number of halogens is 1. The van der Waals surface area contributed by atoms with Gasteiger partial charge in [0.15, 0.2) is 0 Å². The van der Waals surface area contributed by atoms with E-state index in [9.17, 15) is 4.79 Å². The van der Waals surface area contributed by atoms with Crippen LogP contribution in [0.15, 0.2) is 25.2 Å². The lowest BCUT2D eigenvalue weighted by Gasteiger charge is -1.81. The molecule has 0 amide bonds. The lowest BCUT2D eigenvalue weighted by atomic mass is 10.5. The third kappa shape index (κ3) is 1.35. The van der Waals surface area contributed by atoms with E-state index in [1.165, 1.54) is 11.3 Å². The van der Waals surface area contributed by atoms with Gasteiger partial charge in [-0.05, 0) is 28.1 Å². The molecule has 0 aliphatic carbocycles. The highest BCUT2D eigenvalue weighted by molar-refractivity contribution is 9.11. The van der Waals surface area contributed by atoms with E-state index in [4.69, 9.17) is 4.52 Å². The van der Waals surface area contributed by atoms with Crippen LogP contribution in [0.1, 0.15) is 0 Å². The van der Waals surface area contributed by atoms with Gasteiger partial charge < -0.3 is 4.52 Å². The maximum absolute atomic E-state index is 10.6. The van der Waals surface area contributed by atoms with Crippen molar-refractivity contribution in [2.24, 2.45) is 0 Å². The minimum Gasteiger partial charge on any atom is -0.356 e. The van der Waals surface area contributed by atoms with Crippen LogP contribution < -0.4 is 5.69 Å². The molecule has 0 saturated heterocycles. The van der Waals surface area contributed by atoms with Crippen LogP contribution in [0, 0.1) is 0 Å². The Morgan fingerprint density at radius 1 is 1.58 bits per heavy atom. The molecule has 0 bridgehead atoms. The number of nitrogens with zero attached hydrogens (tertiary/aromatic N) is 1. The molecule has 0 fully saturated rings. The van der Waals surface area contributed by atoms with Crippen molar-refractivity contribution in [2.45, 2.75) is 0 Å². The van der Waals surface area contributed by atoms with E-state index in [1.54, 1.807) is 0 Å². The van der Waals surface area contributed by atoms with Gasteiger partial charge in [0.05, 0.1) is 8.66 Å². The highest BCUT2D eigenvalue weighted by Crippen LogP contribution is 2.28. The molecule has 0 spiro atoms. The zero-order valence-electron chi connectivity index (χ0n) is 5.70. The summed E-state index contributed by atoms with van der Waals surface area (Å²) < 4.78 is 5.78. The van der Waals surface area contributed by atoms with Gasteiger partial charge in [0.1, 0.15) is 0 Å². The monoisotopic (exact) mass is 246 g/mol. The average molecular weight is 247 g/mol. The molecule has 4 nitrogen and oxygen atoms in total. The molecule has 2 aromatic rings. The first-order valence-electron chi connectivity index (χ1n) is 3.07. The SMILES string of the molecule is O=c1nc(-c2ccc(Br)s2)o[nH]1. The number of nitrogens with one attached hydrogen (secondary N) is 1. The third-order valence-corrected chi connectivity index (χ3v) is 2.83. The van der Waals surface area contributed by atoms with Gasteiger partial charge in [-0.25, -0.2) is 4.79 Å². The minimum atomic E-state index is -0.463. The summed E-state index contributed by atoms with van der Waals surface area (Å²) in [6.45, 7) is 0. The molecule has 0 aromatic carbocycles. The summed E-state index contributed by atoms with van der Waals surface area (Å²) in [5.41, 5.74) is -0.463. The predicted octanol–water partition coefficient (Wildman–Crippen LogP) is 1.85. The molecule has 0 unspecified atom stereocenters. The molecule has 12 heavy (non-hydrogen) atoms. The molecule has 0 aliphatic heterocycles. The van der Waals surface area contributed by atoms with Crippen molar-refractivity contribution in [3.8, 4) is 10.8 Å². The Morgan fingerprint density at radius 3 is 2.92 bits per heavy atom. The second kappa shape index (κ2) is 2.87. The van der Waals surface area contributed by atoms with Gasteiger partial charge in [0.25, 0.3) is 5.89 Å². The third-order valence-electron chi connectivity index (χ3n) is 1.22. The zero-order chi connectivity index (χ0) is 8.55. The number of H-pyrrole nitrogens is 1. The van der Waals surface area contributed by atoms with E-state index in [2.05, 4.69) is 26.1 Å². The van der Waals surface area contributed by atoms with Crippen molar-refractivity contribution in [3.63, 3.8) is 0 Å². The highest BCUT2D eigenvalue weighted by atomic mass is 79.9. The second-order valence-electron chi connectivity index (χ2n) is 2.03. The Balaban J connectivity index is 2.50. The maximum atomic E-state index is 10.6. The van der Waals surface area contributed by atoms with Crippen molar-refractivity contribution >= 4 is 27.3 Å². The molecule has 62 valence electrons. The molecular weight excluding hydrogens is 244 g/mol. The van der Waals surface area contributed by atoms with Gasteiger partial charge in [-0.3, -0.25) is 0 Å². The number of aromatic nitrogens is 2. The number of hydrogen-bond donors (Lipinski definition) is 1. The molecule has 2 aromatic heterocycles. The first-order valence-corrected chi connectivity index (χ1v) is 4.68. The predicted molar refractivity (Wildman–Crippen MR) is 48.1 cm³/mol. The standard InChI is InChI=1S/C6H3BrN2O2S/c7-4-2-1-3(12-4)5-8-6(10)9-11-5/h1-2H,(H,9,10). The average Bonchev–Trinajstić information content (AvgIpc) is 2.58. The summed E-state index contributed by atoms with van der Waals surface area (Å²) >= 11 is 4.75. The zero-order valence-corrected chi connectivity index (χ0v) is 8.11. The molecule has 2 heterocycles. The van der Waals surface area contributed by atoms with Gasteiger partial charge in [-0.2, -0.15) is 10.1 Å². The fraction of sp³-hybridized carbons (Fsp3) is 0. The second-order valence-corrected chi connectivity index (χ2v) is 4.49. The number of thiophene rings is 1. The normalized spacial score (nSPS) is 10.4. The van der Waals surface area contributed by atoms with Crippen molar-refractivity contribution in [3.05, 3.63) is 26.4 Å². The molecule has 6 heteroatoms. The molecule has 1 N–H and O–H groups in total. The number of rotatable bonds is 1. The van der Waals surface area contributed by atoms with Crippen LogP contribution in [0.5, 0.6) is 0 Å². The van der Waals surface area contributed by atoms with Crippen molar-refractivity contribution < 1.29 is 4.52 Å². The van der Waals surface area contributed by atoms with Gasteiger partial charge in [0.2, 0.25) is 0 Å². The van der Waals surface area contributed by atoms with Crippen LogP contribution in [0.4, 0.5) is 0 Å². The molecule has 0 aliphatic rings. The lowest BCUT2D eigenvalue weighted by molar-refractivity contribution is 0.425. The van der Waals surface area contributed by atoms with Gasteiger partial charge in [0, 0.05) is 0 Å². The van der Waals surface area contributed by atoms with Crippen molar-refractivity contribution in [1.82, 2.24) is 10.1 Å². The molecule has 2 rings (SSSR count). The summed E-state index contributed by atoms with van der Waals surface area (Å²) in [6, 6.07) is 3.70. The highest BCUT2D eigenvalue weighted by Gasteiger charge is 2.07. The summed E-state index contributed by atoms with van der Waals surface area (Å²) in [6.07, 6.45) is 0. The molecule has 0 atom stereocenters. The summed E-state index contributed by atoms with van der Waals surface area (Å²) in [7, 11) is 0. The Kier molecular flexibility index (Phi) is 1.86. The van der Waals surface area contributed by atoms with Crippen LogP contribution in [-0.2, 0) is 0 Å². The fourth-order valence-electron chi connectivity index (χ4n) is 0.764. The summed E-state index contributed by atoms with van der Waals surface area (Å²) in [5.74, 6) is 0.329. The lowest BCUT2D eigenvalue weighted by Crippen LogP contribution is -1.99. The Labute approximate surface area is 79.3 Å². The van der Waals surface area contributed by atoms with Crippen LogP contribution in [-0.4, -0.2) is 10.1 Å². The van der Waals surface area contributed by atoms with Crippen LogP contribution in [0.3, 0.4) is 0 Å². The number of hydrogen-bond acceptors (Lipinski definition) is 4. The van der Waals surface area contributed by atoms with Crippen molar-refractivity contribution in [2.75, 3.05) is 0 Å². The molecular formula is C6H3BrN2O2S. The molecule has 0 radical (unpaired) electrons. The smallest absolute Gasteiger partial charge is 0.356 e. The maximum Gasteiger partial charge on any atom is 0.377 e. The first kappa shape index (κ1) is 7.75. The quantitative estimate of drug-likeness (QED) is 0.836. The Morgan fingerprint density at radius 2 is 2.42 bits per heavy atom. The van der Waals surface area contributed by atoms with Gasteiger partial charge in [-0.15, -0.1) is 11.3 Å². The topological polar surface area (TPSA) is 58.9 Å². The minimum absolute atomic E-state index is 0.329.